The van der Waals surface area contributed by atoms with Crippen molar-refractivity contribution in [2.75, 3.05) is 14.1 Å². The fourth-order valence-electron chi connectivity index (χ4n) is 2.01. The average molecular weight is 433 g/mol. The molecule has 0 aliphatic carbocycles. The SMILES string of the molecule is CN(C)S(=O)(=O)c1ccccc1CNS(=O)(=O)c1ccccc1Br. The number of nitrogens with one attached hydrogen (secondary N) is 1. The first-order valence-electron chi connectivity index (χ1n) is 6.91. The molecule has 2 aromatic rings. The van der Waals surface area contributed by atoms with Crippen LogP contribution < -0.4 is 4.72 Å². The molecule has 0 radical (unpaired) electrons. The first-order valence-corrected chi connectivity index (χ1v) is 10.6. The summed E-state index contributed by atoms with van der Waals surface area (Å²) in [6.07, 6.45) is 0. The van der Waals surface area contributed by atoms with E-state index in [1.54, 1.807) is 36.4 Å². The van der Waals surface area contributed by atoms with Gasteiger partial charge >= 0.3 is 0 Å². The van der Waals surface area contributed by atoms with E-state index < -0.39 is 20.0 Å². The number of hydrogen-bond donors (Lipinski definition) is 1. The maximum Gasteiger partial charge on any atom is 0.242 e. The van der Waals surface area contributed by atoms with Gasteiger partial charge in [0, 0.05) is 25.1 Å². The smallest absolute Gasteiger partial charge is 0.207 e. The Kier molecular flexibility index (Phi) is 5.82. The molecule has 0 atom stereocenters. The second kappa shape index (κ2) is 7.32. The number of rotatable bonds is 6. The van der Waals surface area contributed by atoms with Crippen molar-refractivity contribution in [2.24, 2.45) is 0 Å². The number of sulfonamides is 2. The number of benzene rings is 2. The zero-order valence-corrected chi connectivity index (χ0v) is 16.3. The van der Waals surface area contributed by atoms with E-state index in [-0.39, 0.29) is 16.3 Å². The summed E-state index contributed by atoms with van der Waals surface area (Å²) >= 11 is 3.20. The lowest BCUT2D eigenvalue weighted by Crippen LogP contribution is -2.27. The molecule has 24 heavy (non-hydrogen) atoms. The van der Waals surface area contributed by atoms with Gasteiger partial charge in [-0.1, -0.05) is 30.3 Å². The summed E-state index contributed by atoms with van der Waals surface area (Å²) < 4.78 is 53.5. The van der Waals surface area contributed by atoms with Gasteiger partial charge < -0.3 is 0 Å². The van der Waals surface area contributed by atoms with Crippen molar-refractivity contribution in [3.05, 3.63) is 58.6 Å². The maximum atomic E-state index is 12.4. The third-order valence-corrected chi connectivity index (χ3v) is 7.64. The molecule has 0 amide bonds. The van der Waals surface area contributed by atoms with Crippen LogP contribution in [0.2, 0.25) is 0 Å². The van der Waals surface area contributed by atoms with Crippen molar-refractivity contribution >= 4 is 36.0 Å². The summed E-state index contributed by atoms with van der Waals surface area (Å²) in [5, 5.41) is 0. The molecule has 2 aromatic carbocycles. The van der Waals surface area contributed by atoms with E-state index in [0.717, 1.165) is 4.31 Å². The second-order valence-electron chi connectivity index (χ2n) is 5.15. The van der Waals surface area contributed by atoms with E-state index in [4.69, 9.17) is 0 Å². The van der Waals surface area contributed by atoms with E-state index in [0.29, 0.717) is 10.0 Å². The molecule has 0 saturated carbocycles. The third-order valence-electron chi connectivity index (χ3n) is 3.31. The average Bonchev–Trinajstić information content (AvgIpc) is 2.53. The van der Waals surface area contributed by atoms with Crippen molar-refractivity contribution in [2.45, 2.75) is 16.3 Å². The number of halogens is 1. The van der Waals surface area contributed by atoms with Gasteiger partial charge in [0.05, 0.1) is 9.79 Å². The van der Waals surface area contributed by atoms with E-state index in [1.807, 2.05) is 0 Å². The van der Waals surface area contributed by atoms with E-state index in [9.17, 15) is 16.8 Å². The summed E-state index contributed by atoms with van der Waals surface area (Å²) in [6.45, 7) is -0.132. The molecule has 0 spiro atoms. The molecule has 0 aliphatic heterocycles. The molecule has 130 valence electrons. The zero-order chi connectivity index (χ0) is 18.0. The van der Waals surface area contributed by atoms with Crippen LogP contribution in [-0.4, -0.2) is 35.2 Å². The van der Waals surface area contributed by atoms with Crippen LogP contribution in [0.3, 0.4) is 0 Å². The quantitative estimate of drug-likeness (QED) is 0.757. The van der Waals surface area contributed by atoms with Crippen LogP contribution >= 0.6 is 15.9 Å². The lowest BCUT2D eigenvalue weighted by Gasteiger charge is -2.15. The summed E-state index contributed by atoms with van der Waals surface area (Å²) in [5.74, 6) is 0. The van der Waals surface area contributed by atoms with Gasteiger partial charge in [0.2, 0.25) is 20.0 Å². The molecular weight excluding hydrogens is 416 g/mol. The van der Waals surface area contributed by atoms with Crippen LogP contribution in [-0.2, 0) is 26.6 Å². The highest BCUT2D eigenvalue weighted by molar-refractivity contribution is 9.10. The molecule has 9 heteroatoms. The summed E-state index contributed by atoms with van der Waals surface area (Å²) in [4.78, 5) is 0.169. The molecule has 0 aromatic heterocycles. The Bertz CT molecular complexity index is 941. The van der Waals surface area contributed by atoms with Crippen LogP contribution in [0, 0.1) is 0 Å². The molecule has 2 rings (SSSR count). The molecule has 0 unspecified atom stereocenters. The molecule has 0 fully saturated rings. The molecule has 0 heterocycles. The van der Waals surface area contributed by atoms with Gasteiger partial charge in [-0.3, -0.25) is 0 Å². The van der Waals surface area contributed by atoms with Crippen molar-refractivity contribution in [3.8, 4) is 0 Å². The Labute approximate surface area is 150 Å². The van der Waals surface area contributed by atoms with Crippen LogP contribution in [0.15, 0.2) is 62.8 Å². The van der Waals surface area contributed by atoms with E-state index in [1.165, 1.54) is 26.2 Å². The highest BCUT2D eigenvalue weighted by Gasteiger charge is 2.22. The van der Waals surface area contributed by atoms with Gasteiger partial charge in [0.1, 0.15) is 0 Å². The molecule has 0 saturated heterocycles. The predicted octanol–water partition coefficient (Wildman–Crippen LogP) is 2.18. The summed E-state index contributed by atoms with van der Waals surface area (Å²) in [7, 11) is -4.58. The monoisotopic (exact) mass is 432 g/mol. The van der Waals surface area contributed by atoms with Gasteiger partial charge in [-0.15, -0.1) is 0 Å². The Hall–Kier alpha value is -1.26. The Morgan fingerprint density at radius 3 is 2.04 bits per heavy atom. The molecule has 0 aliphatic rings. The Balaban J connectivity index is 2.33. The largest absolute Gasteiger partial charge is 0.242 e. The second-order valence-corrected chi connectivity index (χ2v) is 9.86. The van der Waals surface area contributed by atoms with Crippen molar-refractivity contribution in [1.82, 2.24) is 9.03 Å². The minimum absolute atomic E-state index is 0.0739. The Morgan fingerprint density at radius 1 is 0.917 bits per heavy atom. The lowest BCUT2D eigenvalue weighted by molar-refractivity contribution is 0.519. The predicted molar refractivity (Wildman–Crippen MR) is 95.5 cm³/mol. The summed E-state index contributed by atoms with van der Waals surface area (Å²) in [6, 6.07) is 12.7. The fourth-order valence-corrected chi connectivity index (χ4v) is 5.13. The van der Waals surface area contributed by atoms with E-state index >= 15 is 0 Å². The van der Waals surface area contributed by atoms with E-state index in [2.05, 4.69) is 20.7 Å². The first-order chi connectivity index (χ1) is 11.2. The van der Waals surface area contributed by atoms with Crippen LogP contribution in [0.25, 0.3) is 0 Å². The van der Waals surface area contributed by atoms with Gasteiger partial charge in [-0.25, -0.2) is 25.9 Å². The van der Waals surface area contributed by atoms with Crippen LogP contribution in [0.4, 0.5) is 0 Å². The van der Waals surface area contributed by atoms with Gasteiger partial charge in [0.25, 0.3) is 0 Å². The lowest BCUT2D eigenvalue weighted by atomic mass is 10.2. The van der Waals surface area contributed by atoms with Crippen molar-refractivity contribution < 1.29 is 16.8 Å². The third kappa shape index (κ3) is 4.04. The summed E-state index contributed by atoms with van der Waals surface area (Å²) in [5.41, 5.74) is 0.377. The zero-order valence-electron chi connectivity index (χ0n) is 13.1. The standard InChI is InChI=1S/C15H17BrN2O4S2/c1-18(2)24(21,22)14-9-5-3-7-12(14)11-17-23(19,20)15-10-6-4-8-13(15)16/h3-10,17H,11H2,1-2H3. The topological polar surface area (TPSA) is 83.6 Å². The van der Waals surface area contributed by atoms with Crippen molar-refractivity contribution in [3.63, 3.8) is 0 Å². The van der Waals surface area contributed by atoms with Crippen molar-refractivity contribution in [1.29, 1.82) is 0 Å². The highest BCUT2D eigenvalue weighted by atomic mass is 79.9. The van der Waals surface area contributed by atoms with Crippen LogP contribution in [0.5, 0.6) is 0 Å². The molecule has 1 N–H and O–H groups in total. The fraction of sp³-hybridized carbons (Fsp3) is 0.200. The Morgan fingerprint density at radius 2 is 1.46 bits per heavy atom. The minimum atomic E-state index is -3.78. The molecule has 6 nitrogen and oxygen atoms in total. The van der Waals surface area contributed by atoms with Gasteiger partial charge in [0.15, 0.2) is 0 Å². The number of hydrogen-bond acceptors (Lipinski definition) is 4. The molecule has 0 bridgehead atoms. The van der Waals surface area contributed by atoms with Gasteiger partial charge in [-0.05, 0) is 39.7 Å². The highest BCUT2D eigenvalue weighted by Crippen LogP contribution is 2.22. The first kappa shape index (κ1) is 19.1. The van der Waals surface area contributed by atoms with Gasteiger partial charge in [-0.2, -0.15) is 0 Å². The number of nitrogens with zero attached hydrogens (tertiary/aromatic N) is 1. The van der Waals surface area contributed by atoms with Crippen LogP contribution in [0.1, 0.15) is 5.56 Å². The molecular formula is C15H17BrN2O4S2. The normalized spacial score (nSPS) is 12.5. The minimum Gasteiger partial charge on any atom is -0.207 e. The maximum absolute atomic E-state index is 12.4.